The molecule has 1 aromatic rings. The van der Waals surface area contributed by atoms with Gasteiger partial charge in [0.1, 0.15) is 6.54 Å². The molecule has 0 aromatic carbocycles. The van der Waals surface area contributed by atoms with Crippen LogP contribution in [0.25, 0.3) is 0 Å². The molecule has 1 aromatic heterocycles. The number of aliphatic carboxylic acids is 1. The van der Waals surface area contributed by atoms with Gasteiger partial charge < -0.3 is 15.0 Å². The lowest BCUT2D eigenvalue weighted by Crippen LogP contribution is -2.37. The van der Waals surface area contributed by atoms with Crippen molar-refractivity contribution in [1.29, 1.82) is 0 Å². The topological polar surface area (TPSA) is 88.4 Å². The first-order chi connectivity index (χ1) is 9.79. The first-order valence-electron chi connectivity index (χ1n) is 6.65. The highest BCUT2D eigenvalue weighted by molar-refractivity contribution is 9.10. The molecule has 2 N–H and O–H groups in total. The number of carbonyl (C=O) groups excluding carboxylic acids is 1. The Morgan fingerprint density at radius 2 is 2.05 bits per heavy atom. The summed E-state index contributed by atoms with van der Waals surface area (Å²) in [5.41, 5.74) is -0.287. The molecule has 0 aliphatic heterocycles. The van der Waals surface area contributed by atoms with Crippen LogP contribution in [0.3, 0.4) is 0 Å². The molecule has 0 aliphatic carbocycles. The Bertz CT molecular complexity index is 568. The number of nitrogens with zero attached hydrogens (tertiary/aromatic N) is 1. The van der Waals surface area contributed by atoms with Gasteiger partial charge in [0.15, 0.2) is 0 Å². The van der Waals surface area contributed by atoms with E-state index in [9.17, 15) is 14.4 Å². The maximum absolute atomic E-state index is 11.8. The van der Waals surface area contributed by atoms with E-state index >= 15 is 0 Å². The number of halogens is 1. The molecule has 0 saturated heterocycles. The van der Waals surface area contributed by atoms with Gasteiger partial charge in [-0.15, -0.1) is 0 Å². The minimum atomic E-state index is -0.927. The van der Waals surface area contributed by atoms with Crippen molar-refractivity contribution >= 4 is 27.8 Å². The molecule has 116 valence electrons. The summed E-state index contributed by atoms with van der Waals surface area (Å²) >= 11 is 3.23. The van der Waals surface area contributed by atoms with E-state index in [1.165, 1.54) is 16.8 Å². The highest BCUT2D eigenvalue weighted by Crippen LogP contribution is 2.11. The Kier molecular flexibility index (Phi) is 6.61. The van der Waals surface area contributed by atoms with Crippen molar-refractivity contribution in [2.24, 2.45) is 11.8 Å². The van der Waals surface area contributed by atoms with Crippen LogP contribution < -0.4 is 10.9 Å². The average Bonchev–Trinajstić information content (AvgIpc) is 2.38. The lowest BCUT2D eigenvalue weighted by Gasteiger charge is -2.15. The number of nitrogens with one attached hydrogen (secondary N) is 1. The summed E-state index contributed by atoms with van der Waals surface area (Å²) in [5.74, 6) is -1.70. The van der Waals surface area contributed by atoms with Gasteiger partial charge in [0.05, 0.1) is 5.92 Å². The van der Waals surface area contributed by atoms with Crippen molar-refractivity contribution in [1.82, 2.24) is 9.88 Å². The predicted octanol–water partition coefficient (Wildman–Crippen LogP) is 1.47. The highest BCUT2D eigenvalue weighted by atomic mass is 79.9. The fourth-order valence-electron chi connectivity index (χ4n) is 1.91. The van der Waals surface area contributed by atoms with E-state index < -0.39 is 11.9 Å². The number of amides is 1. The second-order valence-corrected chi connectivity index (χ2v) is 6.20. The van der Waals surface area contributed by atoms with Crippen molar-refractivity contribution in [3.05, 3.63) is 33.2 Å². The minimum Gasteiger partial charge on any atom is -0.481 e. The van der Waals surface area contributed by atoms with E-state index in [4.69, 9.17) is 5.11 Å². The number of carboxylic acid groups (broad SMARTS) is 1. The van der Waals surface area contributed by atoms with Crippen LogP contribution in [0.4, 0.5) is 0 Å². The number of hydrogen-bond donors (Lipinski definition) is 2. The van der Waals surface area contributed by atoms with Crippen molar-refractivity contribution in [3.63, 3.8) is 0 Å². The van der Waals surface area contributed by atoms with Gasteiger partial charge in [-0.25, -0.2) is 0 Å². The Morgan fingerprint density at radius 3 is 2.62 bits per heavy atom. The molecule has 1 atom stereocenters. The second kappa shape index (κ2) is 7.97. The zero-order valence-corrected chi connectivity index (χ0v) is 13.6. The van der Waals surface area contributed by atoms with E-state index in [0.717, 1.165) is 0 Å². The molecule has 21 heavy (non-hydrogen) atoms. The van der Waals surface area contributed by atoms with Gasteiger partial charge in [-0.3, -0.25) is 14.4 Å². The summed E-state index contributed by atoms with van der Waals surface area (Å²) in [6.07, 6.45) is 2.01. The van der Waals surface area contributed by atoms with Crippen LogP contribution in [0.1, 0.15) is 20.3 Å². The Hall–Kier alpha value is -1.63. The zero-order valence-electron chi connectivity index (χ0n) is 12.0. The molecule has 0 saturated carbocycles. The van der Waals surface area contributed by atoms with Crippen LogP contribution in [-0.4, -0.2) is 28.1 Å². The lowest BCUT2D eigenvalue weighted by molar-refractivity contribution is -0.142. The molecule has 0 bridgehead atoms. The molecule has 0 spiro atoms. The van der Waals surface area contributed by atoms with Gasteiger partial charge in [-0.2, -0.15) is 0 Å². The SMILES string of the molecule is CC(C)CC(CNC(=O)Cn1cc(Br)ccc1=O)C(=O)O. The second-order valence-electron chi connectivity index (χ2n) is 5.28. The van der Waals surface area contributed by atoms with Crippen LogP contribution >= 0.6 is 15.9 Å². The average molecular weight is 359 g/mol. The smallest absolute Gasteiger partial charge is 0.308 e. The van der Waals surface area contributed by atoms with Crippen LogP contribution in [0.2, 0.25) is 0 Å². The fraction of sp³-hybridized carbons (Fsp3) is 0.500. The molecular weight excluding hydrogens is 340 g/mol. The molecule has 6 nitrogen and oxygen atoms in total. The fourth-order valence-corrected chi connectivity index (χ4v) is 2.29. The third kappa shape index (κ3) is 6.12. The quantitative estimate of drug-likeness (QED) is 0.772. The number of carboxylic acids is 1. The van der Waals surface area contributed by atoms with Crippen LogP contribution in [0.15, 0.2) is 27.6 Å². The molecule has 1 rings (SSSR count). The van der Waals surface area contributed by atoms with E-state index in [1.807, 2.05) is 13.8 Å². The summed E-state index contributed by atoms with van der Waals surface area (Å²) < 4.78 is 1.95. The number of hydrogen-bond acceptors (Lipinski definition) is 3. The minimum absolute atomic E-state index is 0.0646. The van der Waals surface area contributed by atoms with E-state index in [0.29, 0.717) is 10.9 Å². The molecule has 7 heteroatoms. The van der Waals surface area contributed by atoms with E-state index in [1.54, 1.807) is 6.07 Å². The van der Waals surface area contributed by atoms with E-state index in [-0.39, 0.29) is 30.5 Å². The number of pyridine rings is 1. The summed E-state index contributed by atoms with van der Waals surface area (Å²) in [7, 11) is 0. The Balaban J connectivity index is 2.59. The van der Waals surface area contributed by atoms with Crippen molar-refractivity contribution < 1.29 is 14.7 Å². The molecule has 1 unspecified atom stereocenters. The zero-order chi connectivity index (χ0) is 16.0. The summed E-state index contributed by atoms with van der Waals surface area (Å²) in [4.78, 5) is 34.5. The maximum atomic E-state index is 11.8. The third-order valence-corrected chi connectivity index (χ3v) is 3.38. The lowest BCUT2D eigenvalue weighted by atomic mass is 9.97. The standard InChI is InChI=1S/C14H19BrN2O4/c1-9(2)5-10(14(20)21)6-16-12(18)8-17-7-11(15)3-4-13(17)19/h3-4,7,9-10H,5-6,8H2,1-2H3,(H,16,18)(H,20,21). The number of aromatic nitrogens is 1. The summed E-state index contributed by atoms with van der Waals surface area (Å²) in [5, 5.41) is 11.7. The molecule has 1 amide bonds. The molecule has 1 heterocycles. The van der Waals surface area contributed by atoms with Gasteiger partial charge in [-0.05, 0) is 34.3 Å². The van der Waals surface area contributed by atoms with Gasteiger partial charge in [0.25, 0.3) is 5.56 Å². The first-order valence-corrected chi connectivity index (χ1v) is 7.44. The van der Waals surface area contributed by atoms with Gasteiger partial charge in [0, 0.05) is 23.3 Å². The first kappa shape index (κ1) is 17.4. The summed E-state index contributed by atoms with van der Waals surface area (Å²) in [6.45, 7) is 3.79. The molecule has 0 fully saturated rings. The van der Waals surface area contributed by atoms with E-state index in [2.05, 4.69) is 21.2 Å². The van der Waals surface area contributed by atoms with Crippen molar-refractivity contribution in [2.45, 2.75) is 26.8 Å². The number of rotatable bonds is 7. The van der Waals surface area contributed by atoms with Crippen LogP contribution in [0.5, 0.6) is 0 Å². The number of carbonyl (C=O) groups is 2. The van der Waals surface area contributed by atoms with Crippen molar-refractivity contribution in [2.75, 3.05) is 6.54 Å². The van der Waals surface area contributed by atoms with Crippen LogP contribution in [0, 0.1) is 11.8 Å². The molecular formula is C14H19BrN2O4. The van der Waals surface area contributed by atoms with Crippen molar-refractivity contribution in [3.8, 4) is 0 Å². The van der Waals surface area contributed by atoms with Gasteiger partial charge >= 0.3 is 5.97 Å². The normalized spacial score (nSPS) is 12.2. The van der Waals surface area contributed by atoms with Gasteiger partial charge in [0.2, 0.25) is 5.91 Å². The Morgan fingerprint density at radius 1 is 1.38 bits per heavy atom. The molecule has 0 aliphatic rings. The third-order valence-electron chi connectivity index (χ3n) is 2.91. The highest BCUT2D eigenvalue weighted by Gasteiger charge is 2.19. The monoisotopic (exact) mass is 358 g/mol. The summed E-state index contributed by atoms with van der Waals surface area (Å²) in [6, 6.07) is 2.95. The van der Waals surface area contributed by atoms with Crippen LogP contribution in [-0.2, 0) is 16.1 Å². The molecule has 0 radical (unpaired) electrons. The largest absolute Gasteiger partial charge is 0.481 e. The maximum Gasteiger partial charge on any atom is 0.308 e. The Labute approximate surface area is 131 Å². The van der Waals surface area contributed by atoms with Gasteiger partial charge in [-0.1, -0.05) is 13.8 Å². The predicted molar refractivity (Wildman–Crippen MR) is 82.0 cm³/mol.